The number of benzene rings is 1. The molecule has 3 nitrogen and oxygen atoms in total. The summed E-state index contributed by atoms with van der Waals surface area (Å²) in [5, 5.41) is 1.15. The van der Waals surface area contributed by atoms with Gasteiger partial charge in [0.05, 0.1) is 17.6 Å². The summed E-state index contributed by atoms with van der Waals surface area (Å²) >= 11 is 1.57. The standard InChI is InChI=1S/C14H15NO2S/c1-10-9-15(6-7-17-10)14(16)13-8-11-4-2-3-5-12(11)18-13/h2-5,8,10H,6-7,9H2,1H3. The van der Waals surface area contributed by atoms with Crippen LogP contribution in [0.2, 0.25) is 0 Å². The quantitative estimate of drug-likeness (QED) is 0.790. The summed E-state index contributed by atoms with van der Waals surface area (Å²) in [4.78, 5) is 15.1. The maximum absolute atomic E-state index is 12.4. The average molecular weight is 261 g/mol. The van der Waals surface area contributed by atoms with E-state index in [1.807, 2.05) is 36.1 Å². The van der Waals surface area contributed by atoms with Gasteiger partial charge in [0, 0.05) is 17.8 Å². The summed E-state index contributed by atoms with van der Waals surface area (Å²) in [6, 6.07) is 10.1. The number of amides is 1. The zero-order valence-corrected chi connectivity index (χ0v) is 11.1. The van der Waals surface area contributed by atoms with E-state index < -0.39 is 0 Å². The molecular formula is C14H15NO2S. The Labute approximate surface area is 110 Å². The van der Waals surface area contributed by atoms with Gasteiger partial charge in [-0.3, -0.25) is 4.79 Å². The highest BCUT2D eigenvalue weighted by Crippen LogP contribution is 2.26. The highest BCUT2D eigenvalue weighted by molar-refractivity contribution is 7.20. The Bertz CT molecular complexity index is 545. The first-order chi connectivity index (χ1) is 8.74. The molecule has 1 atom stereocenters. The smallest absolute Gasteiger partial charge is 0.264 e. The number of nitrogens with zero attached hydrogens (tertiary/aromatic N) is 1. The van der Waals surface area contributed by atoms with E-state index in [0.717, 1.165) is 10.3 Å². The molecule has 0 aliphatic carbocycles. The zero-order chi connectivity index (χ0) is 12.5. The predicted octanol–water partition coefficient (Wildman–Crippen LogP) is 2.76. The topological polar surface area (TPSA) is 29.5 Å². The lowest BCUT2D eigenvalue weighted by Gasteiger charge is -2.30. The fraction of sp³-hybridized carbons (Fsp3) is 0.357. The van der Waals surface area contributed by atoms with Crippen molar-refractivity contribution in [1.82, 2.24) is 4.90 Å². The molecule has 0 spiro atoms. The molecule has 0 N–H and O–H groups in total. The molecule has 94 valence electrons. The van der Waals surface area contributed by atoms with Crippen LogP contribution in [0, 0.1) is 0 Å². The van der Waals surface area contributed by atoms with Gasteiger partial charge in [-0.2, -0.15) is 0 Å². The lowest BCUT2D eigenvalue weighted by Crippen LogP contribution is -2.44. The second-order valence-corrected chi connectivity index (χ2v) is 5.66. The van der Waals surface area contributed by atoms with Crippen molar-refractivity contribution >= 4 is 27.3 Å². The third-order valence-electron chi connectivity index (χ3n) is 3.16. The molecule has 1 aliphatic rings. The molecule has 3 rings (SSSR count). The van der Waals surface area contributed by atoms with Gasteiger partial charge in [-0.05, 0) is 24.4 Å². The van der Waals surface area contributed by atoms with Gasteiger partial charge in [0.1, 0.15) is 0 Å². The molecule has 1 amide bonds. The van der Waals surface area contributed by atoms with Crippen LogP contribution in [0.1, 0.15) is 16.6 Å². The molecular weight excluding hydrogens is 246 g/mol. The third-order valence-corrected chi connectivity index (χ3v) is 4.27. The second kappa shape index (κ2) is 4.71. The van der Waals surface area contributed by atoms with Crippen LogP contribution in [-0.2, 0) is 4.74 Å². The molecule has 1 fully saturated rings. The van der Waals surface area contributed by atoms with E-state index >= 15 is 0 Å². The second-order valence-electron chi connectivity index (χ2n) is 4.58. The molecule has 18 heavy (non-hydrogen) atoms. The molecule has 1 unspecified atom stereocenters. The van der Waals surface area contributed by atoms with Crippen molar-refractivity contribution in [3.05, 3.63) is 35.2 Å². The van der Waals surface area contributed by atoms with Crippen molar-refractivity contribution in [3.63, 3.8) is 0 Å². The number of carbonyl (C=O) groups is 1. The van der Waals surface area contributed by atoms with E-state index in [2.05, 4.69) is 6.07 Å². The van der Waals surface area contributed by atoms with Crippen molar-refractivity contribution in [2.24, 2.45) is 0 Å². The van der Waals surface area contributed by atoms with Gasteiger partial charge in [-0.1, -0.05) is 18.2 Å². The van der Waals surface area contributed by atoms with Crippen LogP contribution in [0.5, 0.6) is 0 Å². The Morgan fingerprint density at radius 2 is 2.28 bits per heavy atom. The van der Waals surface area contributed by atoms with Crippen molar-refractivity contribution in [1.29, 1.82) is 0 Å². The van der Waals surface area contributed by atoms with Crippen LogP contribution in [0.25, 0.3) is 10.1 Å². The van der Waals surface area contributed by atoms with Crippen LogP contribution in [0.15, 0.2) is 30.3 Å². The van der Waals surface area contributed by atoms with Gasteiger partial charge < -0.3 is 9.64 Å². The predicted molar refractivity (Wildman–Crippen MR) is 73.1 cm³/mol. The number of fused-ring (bicyclic) bond motifs is 1. The van der Waals surface area contributed by atoms with Crippen LogP contribution < -0.4 is 0 Å². The van der Waals surface area contributed by atoms with E-state index in [1.165, 1.54) is 4.70 Å². The first kappa shape index (κ1) is 11.7. The Balaban J connectivity index is 1.87. The number of carbonyl (C=O) groups excluding carboxylic acids is 1. The Morgan fingerprint density at radius 1 is 1.44 bits per heavy atom. The fourth-order valence-electron chi connectivity index (χ4n) is 2.25. The van der Waals surface area contributed by atoms with Gasteiger partial charge in [-0.25, -0.2) is 0 Å². The molecule has 1 aromatic carbocycles. The van der Waals surface area contributed by atoms with Gasteiger partial charge in [0.2, 0.25) is 0 Å². The molecule has 0 saturated carbocycles. The summed E-state index contributed by atoms with van der Waals surface area (Å²) in [6.07, 6.45) is 0.136. The van der Waals surface area contributed by atoms with E-state index in [9.17, 15) is 4.79 Å². The third kappa shape index (κ3) is 2.13. The average Bonchev–Trinajstić information content (AvgIpc) is 2.81. The minimum absolute atomic E-state index is 0.131. The lowest BCUT2D eigenvalue weighted by molar-refractivity contribution is -0.0122. The van der Waals surface area contributed by atoms with E-state index in [4.69, 9.17) is 4.74 Å². The van der Waals surface area contributed by atoms with Crippen LogP contribution in [0.4, 0.5) is 0 Å². The number of morpholine rings is 1. The monoisotopic (exact) mass is 261 g/mol. The Morgan fingerprint density at radius 3 is 3.06 bits per heavy atom. The summed E-state index contributed by atoms with van der Waals surface area (Å²) in [5.41, 5.74) is 0. The van der Waals surface area contributed by atoms with Crippen molar-refractivity contribution in [2.75, 3.05) is 19.7 Å². The molecule has 4 heteroatoms. The summed E-state index contributed by atoms with van der Waals surface area (Å²) < 4.78 is 6.63. The first-order valence-corrected chi connectivity index (χ1v) is 6.95. The van der Waals surface area contributed by atoms with Crippen LogP contribution in [0.3, 0.4) is 0 Å². The number of rotatable bonds is 1. The number of thiophene rings is 1. The van der Waals surface area contributed by atoms with Crippen molar-refractivity contribution < 1.29 is 9.53 Å². The van der Waals surface area contributed by atoms with Crippen LogP contribution in [-0.4, -0.2) is 36.6 Å². The zero-order valence-electron chi connectivity index (χ0n) is 10.3. The molecule has 1 saturated heterocycles. The van der Waals surface area contributed by atoms with Gasteiger partial charge in [0.25, 0.3) is 5.91 Å². The highest BCUT2D eigenvalue weighted by Gasteiger charge is 2.23. The maximum Gasteiger partial charge on any atom is 0.264 e. The number of ether oxygens (including phenoxy) is 1. The van der Waals surface area contributed by atoms with Gasteiger partial charge >= 0.3 is 0 Å². The van der Waals surface area contributed by atoms with E-state index in [1.54, 1.807) is 11.3 Å². The molecule has 1 aromatic heterocycles. The normalized spacial score (nSPS) is 20.3. The summed E-state index contributed by atoms with van der Waals surface area (Å²) in [7, 11) is 0. The lowest BCUT2D eigenvalue weighted by atomic mass is 10.2. The number of hydrogen-bond donors (Lipinski definition) is 0. The molecule has 0 radical (unpaired) electrons. The SMILES string of the molecule is CC1CN(C(=O)c2cc3ccccc3s2)CCO1. The molecule has 2 heterocycles. The molecule has 1 aliphatic heterocycles. The largest absolute Gasteiger partial charge is 0.375 e. The summed E-state index contributed by atoms with van der Waals surface area (Å²) in [6.45, 7) is 4.02. The maximum atomic E-state index is 12.4. The minimum atomic E-state index is 0.131. The number of hydrogen-bond acceptors (Lipinski definition) is 3. The van der Waals surface area contributed by atoms with Crippen molar-refractivity contribution in [2.45, 2.75) is 13.0 Å². The van der Waals surface area contributed by atoms with Crippen molar-refractivity contribution in [3.8, 4) is 0 Å². The van der Waals surface area contributed by atoms with E-state index in [-0.39, 0.29) is 12.0 Å². The fourth-order valence-corrected chi connectivity index (χ4v) is 3.28. The van der Waals surface area contributed by atoms with Gasteiger partial charge in [0.15, 0.2) is 0 Å². The Kier molecular flexibility index (Phi) is 3.06. The Hall–Kier alpha value is -1.39. The summed E-state index contributed by atoms with van der Waals surface area (Å²) in [5.74, 6) is 0.131. The first-order valence-electron chi connectivity index (χ1n) is 6.13. The minimum Gasteiger partial charge on any atom is -0.375 e. The van der Waals surface area contributed by atoms with Gasteiger partial charge in [-0.15, -0.1) is 11.3 Å². The van der Waals surface area contributed by atoms with E-state index in [0.29, 0.717) is 19.7 Å². The highest BCUT2D eigenvalue weighted by atomic mass is 32.1. The molecule has 2 aromatic rings. The molecule has 0 bridgehead atoms. The van der Waals surface area contributed by atoms with Crippen LogP contribution >= 0.6 is 11.3 Å².